The van der Waals surface area contributed by atoms with E-state index in [9.17, 15) is 9.18 Å². The van der Waals surface area contributed by atoms with Gasteiger partial charge in [0.1, 0.15) is 17.9 Å². The van der Waals surface area contributed by atoms with E-state index in [2.05, 4.69) is 25.5 Å². The van der Waals surface area contributed by atoms with E-state index in [-0.39, 0.29) is 16.6 Å². The Balaban J connectivity index is 1.40. The van der Waals surface area contributed by atoms with Crippen LogP contribution in [0.1, 0.15) is 12.8 Å². The van der Waals surface area contributed by atoms with Gasteiger partial charge in [-0.15, -0.1) is 0 Å². The first-order chi connectivity index (χ1) is 17.6. The molecule has 36 heavy (non-hydrogen) atoms. The molecular formula is C26H27ClFN5O3. The largest absolute Gasteiger partial charge is 0.491 e. The van der Waals surface area contributed by atoms with Crippen LogP contribution in [0, 0.1) is 11.7 Å². The lowest BCUT2D eigenvalue weighted by atomic mass is 10.1. The monoisotopic (exact) mass is 511 g/mol. The summed E-state index contributed by atoms with van der Waals surface area (Å²) in [5.74, 6) is 0.600. The number of nitrogens with one attached hydrogen (secondary N) is 2. The zero-order valence-electron chi connectivity index (χ0n) is 19.7. The van der Waals surface area contributed by atoms with Gasteiger partial charge in [-0.25, -0.2) is 14.4 Å². The van der Waals surface area contributed by atoms with Gasteiger partial charge in [-0.05, 0) is 37.0 Å². The SMILES string of the molecule is O=C(/C=C/CN1CCOCC1)Nc1cc2c(Nc3cccc(Cl)c3F)ncnc2cc1OCC1CC1. The first-order valence-electron chi connectivity index (χ1n) is 12.0. The molecule has 2 N–H and O–H groups in total. The van der Waals surface area contributed by atoms with Gasteiger partial charge in [0, 0.05) is 37.2 Å². The number of halogens is 2. The molecule has 1 aliphatic heterocycles. The van der Waals surface area contributed by atoms with Crippen LogP contribution < -0.4 is 15.4 Å². The fourth-order valence-electron chi connectivity index (χ4n) is 3.89. The molecule has 188 valence electrons. The van der Waals surface area contributed by atoms with Crippen molar-refractivity contribution in [2.45, 2.75) is 12.8 Å². The highest BCUT2D eigenvalue weighted by molar-refractivity contribution is 6.31. The van der Waals surface area contributed by atoms with Gasteiger partial charge in [0.2, 0.25) is 5.91 Å². The Morgan fingerprint density at radius 1 is 1.22 bits per heavy atom. The van der Waals surface area contributed by atoms with Crippen molar-refractivity contribution in [3.8, 4) is 5.75 Å². The molecule has 1 saturated heterocycles. The molecule has 1 saturated carbocycles. The lowest BCUT2D eigenvalue weighted by Crippen LogP contribution is -2.36. The second-order valence-corrected chi connectivity index (χ2v) is 9.28. The van der Waals surface area contributed by atoms with Crippen molar-refractivity contribution in [2.75, 3.05) is 50.1 Å². The molecule has 3 aromatic rings. The lowest BCUT2D eigenvalue weighted by molar-refractivity contribution is -0.111. The van der Waals surface area contributed by atoms with Crippen LogP contribution in [0.2, 0.25) is 5.02 Å². The molecule has 2 aliphatic rings. The van der Waals surface area contributed by atoms with Gasteiger partial charge >= 0.3 is 0 Å². The highest BCUT2D eigenvalue weighted by atomic mass is 35.5. The molecule has 0 unspecified atom stereocenters. The average Bonchev–Trinajstić information content (AvgIpc) is 3.71. The third-order valence-electron chi connectivity index (χ3n) is 6.11. The number of hydrogen-bond acceptors (Lipinski definition) is 7. The number of nitrogens with zero attached hydrogens (tertiary/aromatic N) is 3. The summed E-state index contributed by atoms with van der Waals surface area (Å²) in [6.07, 6.45) is 7.03. The molecule has 0 atom stereocenters. The summed E-state index contributed by atoms with van der Waals surface area (Å²) in [6.45, 7) is 4.35. The molecule has 5 rings (SSSR count). The van der Waals surface area contributed by atoms with E-state index in [1.807, 2.05) is 6.08 Å². The van der Waals surface area contributed by atoms with Crippen LogP contribution in [0.5, 0.6) is 5.75 Å². The molecule has 2 aromatic carbocycles. The first kappa shape index (κ1) is 24.4. The van der Waals surface area contributed by atoms with E-state index in [1.165, 1.54) is 18.5 Å². The first-order valence-corrected chi connectivity index (χ1v) is 12.3. The Morgan fingerprint density at radius 2 is 2.06 bits per heavy atom. The summed E-state index contributed by atoms with van der Waals surface area (Å²) >= 11 is 5.93. The van der Waals surface area contributed by atoms with Gasteiger partial charge in [-0.1, -0.05) is 23.7 Å². The molecule has 0 bridgehead atoms. The van der Waals surface area contributed by atoms with Crippen LogP contribution in [0.15, 0.2) is 48.8 Å². The fourth-order valence-corrected chi connectivity index (χ4v) is 4.06. The lowest BCUT2D eigenvalue weighted by Gasteiger charge is -2.25. The molecule has 0 radical (unpaired) electrons. The zero-order chi connectivity index (χ0) is 24.9. The third kappa shape index (κ3) is 6.10. The Bertz CT molecular complexity index is 1280. The fraction of sp³-hybridized carbons (Fsp3) is 0.346. The number of morpholine rings is 1. The second-order valence-electron chi connectivity index (χ2n) is 8.87. The highest BCUT2D eigenvalue weighted by Crippen LogP contribution is 2.36. The van der Waals surface area contributed by atoms with Crippen LogP contribution in [0.25, 0.3) is 10.9 Å². The van der Waals surface area contributed by atoms with Gasteiger partial charge in [0.05, 0.1) is 41.7 Å². The summed E-state index contributed by atoms with van der Waals surface area (Å²) in [6, 6.07) is 8.21. The number of carbonyl (C=O) groups excluding carboxylic acids is 1. The number of fused-ring (bicyclic) bond motifs is 1. The van der Waals surface area contributed by atoms with E-state index in [0.717, 1.165) is 25.9 Å². The van der Waals surface area contributed by atoms with Gasteiger partial charge in [0.25, 0.3) is 0 Å². The van der Waals surface area contributed by atoms with E-state index < -0.39 is 5.82 Å². The van der Waals surface area contributed by atoms with Crippen molar-refractivity contribution in [3.05, 3.63) is 59.7 Å². The normalized spacial score (nSPS) is 16.4. The number of carbonyl (C=O) groups is 1. The summed E-state index contributed by atoms with van der Waals surface area (Å²) in [7, 11) is 0. The van der Waals surface area contributed by atoms with Crippen molar-refractivity contribution in [1.29, 1.82) is 0 Å². The molecule has 8 nitrogen and oxygen atoms in total. The van der Waals surface area contributed by atoms with Crippen LogP contribution in [0.4, 0.5) is 21.6 Å². The quantitative estimate of drug-likeness (QED) is 0.400. The molecular weight excluding hydrogens is 485 g/mol. The van der Waals surface area contributed by atoms with Crippen LogP contribution >= 0.6 is 11.6 Å². The number of benzene rings is 2. The predicted octanol–water partition coefficient (Wildman–Crippen LogP) is 4.78. The average molecular weight is 512 g/mol. The smallest absolute Gasteiger partial charge is 0.248 e. The molecule has 10 heteroatoms. The molecule has 1 aliphatic carbocycles. The number of hydrogen-bond donors (Lipinski definition) is 2. The second kappa shape index (κ2) is 11.2. The van der Waals surface area contributed by atoms with Gasteiger partial charge in [0.15, 0.2) is 5.82 Å². The Kier molecular flexibility index (Phi) is 7.60. The van der Waals surface area contributed by atoms with Crippen molar-refractivity contribution in [1.82, 2.24) is 14.9 Å². The van der Waals surface area contributed by atoms with Gasteiger partial charge in [-0.2, -0.15) is 0 Å². The Labute approximate surface area is 213 Å². The van der Waals surface area contributed by atoms with E-state index in [0.29, 0.717) is 60.4 Å². The molecule has 0 spiro atoms. The van der Waals surface area contributed by atoms with Crippen molar-refractivity contribution in [2.24, 2.45) is 5.92 Å². The third-order valence-corrected chi connectivity index (χ3v) is 6.40. The topological polar surface area (TPSA) is 88.6 Å². The van der Waals surface area contributed by atoms with Crippen LogP contribution in [0.3, 0.4) is 0 Å². The van der Waals surface area contributed by atoms with Crippen molar-refractivity contribution in [3.63, 3.8) is 0 Å². The standard InChI is InChI=1S/C26H27ClFN5O3/c27-19-3-1-4-20(25(19)28)32-26-18-13-22(31-24(34)5-2-8-33-9-11-35-12-10-33)23(36-15-17-6-7-17)14-21(18)29-16-30-26/h1-5,13-14,16-17H,6-12,15H2,(H,31,34)(H,29,30,32)/b5-2+. The number of ether oxygens (including phenoxy) is 2. The Morgan fingerprint density at radius 3 is 2.86 bits per heavy atom. The minimum absolute atomic E-state index is 0.00550. The maximum atomic E-state index is 14.5. The minimum Gasteiger partial charge on any atom is -0.491 e. The van der Waals surface area contributed by atoms with E-state index in [1.54, 1.807) is 24.3 Å². The molecule has 1 amide bonds. The van der Waals surface area contributed by atoms with Crippen molar-refractivity contribution < 1.29 is 18.7 Å². The Hall–Kier alpha value is -3.27. The van der Waals surface area contributed by atoms with Crippen molar-refractivity contribution >= 4 is 45.6 Å². The van der Waals surface area contributed by atoms with Gasteiger partial charge < -0.3 is 20.1 Å². The minimum atomic E-state index is -0.575. The molecule has 2 fully saturated rings. The summed E-state index contributed by atoms with van der Waals surface area (Å²) in [5, 5.41) is 6.52. The highest BCUT2D eigenvalue weighted by Gasteiger charge is 2.23. The molecule has 2 heterocycles. The van der Waals surface area contributed by atoms with Gasteiger partial charge in [-0.3, -0.25) is 9.69 Å². The molecule has 1 aromatic heterocycles. The summed E-state index contributed by atoms with van der Waals surface area (Å²) in [4.78, 5) is 23.6. The van der Waals surface area contributed by atoms with Crippen LogP contribution in [-0.2, 0) is 9.53 Å². The van der Waals surface area contributed by atoms with E-state index >= 15 is 0 Å². The van der Waals surface area contributed by atoms with Crippen LogP contribution in [-0.4, -0.2) is 60.2 Å². The number of aromatic nitrogens is 2. The summed E-state index contributed by atoms with van der Waals surface area (Å²) in [5.41, 5.74) is 1.28. The maximum absolute atomic E-state index is 14.5. The number of amides is 1. The maximum Gasteiger partial charge on any atom is 0.248 e. The number of rotatable bonds is 9. The zero-order valence-corrected chi connectivity index (χ0v) is 20.4. The number of anilines is 3. The van der Waals surface area contributed by atoms with E-state index in [4.69, 9.17) is 21.1 Å². The summed E-state index contributed by atoms with van der Waals surface area (Å²) < 4.78 is 25.9. The predicted molar refractivity (Wildman–Crippen MR) is 137 cm³/mol.